The average molecular weight is 225 g/mol. The molecule has 6 heteroatoms. The van der Waals surface area contributed by atoms with Gasteiger partial charge in [-0.05, 0) is 13.0 Å². The van der Waals surface area contributed by atoms with Gasteiger partial charge in [-0.25, -0.2) is 0 Å². The molecule has 4 N–H and O–H groups in total. The van der Waals surface area contributed by atoms with Crippen molar-refractivity contribution in [1.82, 2.24) is 5.32 Å². The zero-order valence-electron chi connectivity index (χ0n) is 9.23. The summed E-state index contributed by atoms with van der Waals surface area (Å²) in [6.07, 6.45) is 1.46. The molecule has 0 saturated heterocycles. The lowest BCUT2D eigenvalue weighted by molar-refractivity contribution is 0.0949. The van der Waals surface area contributed by atoms with Crippen molar-refractivity contribution in [3.63, 3.8) is 0 Å². The molecule has 1 heterocycles. The van der Waals surface area contributed by atoms with Gasteiger partial charge < -0.3 is 20.7 Å². The van der Waals surface area contributed by atoms with Crippen LogP contribution in [0.2, 0.25) is 0 Å². The van der Waals surface area contributed by atoms with Crippen LogP contribution >= 0.6 is 0 Å². The minimum Gasteiger partial charge on any atom is -0.469 e. The lowest BCUT2D eigenvalue weighted by Gasteiger charge is -2.10. The number of oxime groups is 1. The summed E-state index contributed by atoms with van der Waals surface area (Å²) in [6, 6.07) is 1.60. The molecule has 1 aromatic rings. The maximum atomic E-state index is 11.6. The topological polar surface area (TPSA) is 101 Å². The molecule has 0 bridgehead atoms. The van der Waals surface area contributed by atoms with Crippen LogP contribution in [0.25, 0.3) is 0 Å². The zero-order valence-corrected chi connectivity index (χ0v) is 9.23. The van der Waals surface area contributed by atoms with Gasteiger partial charge in [0.25, 0.3) is 5.91 Å². The molecule has 0 aromatic carbocycles. The highest BCUT2D eigenvalue weighted by Crippen LogP contribution is 2.08. The predicted molar refractivity (Wildman–Crippen MR) is 58.4 cm³/mol. The van der Waals surface area contributed by atoms with Crippen molar-refractivity contribution in [3.8, 4) is 0 Å². The number of carbonyl (C=O) groups is 1. The van der Waals surface area contributed by atoms with E-state index in [0.29, 0.717) is 17.9 Å². The van der Waals surface area contributed by atoms with E-state index in [-0.39, 0.29) is 17.7 Å². The molecule has 0 radical (unpaired) electrons. The first-order valence-corrected chi connectivity index (χ1v) is 4.86. The molecule has 1 atom stereocenters. The van der Waals surface area contributed by atoms with E-state index < -0.39 is 0 Å². The molecule has 0 aliphatic heterocycles. The Labute approximate surface area is 93.1 Å². The van der Waals surface area contributed by atoms with Gasteiger partial charge in [0.05, 0.1) is 11.8 Å². The Morgan fingerprint density at radius 3 is 2.94 bits per heavy atom. The van der Waals surface area contributed by atoms with Crippen LogP contribution in [0.5, 0.6) is 0 Å². The minimum absolute atomic E-state index is 0.0872. The molecule has 1 unspecified atom stereocenters. The third-order valence-corrected chi connectivity index (χ3v) is 2.29. The Bertz CT molecular complexity index is 398. The summed E-state index contributed by atoms with van der Waals surface area (Å²) in [5, 5.41) is 14.0. The van der Waals surface area contributed by atoms with E-state index >= 15 is 0 Å². The Kier molecular flexibility index (Phi) is 3.93. The standard InChI is InChI=1S/C10H15N3O3/c1-6(9(11)13-15)5-12-10(14)8-3-4-16-7(8)2/h3-4,6,15H,5H2,1-2H3,(H2,11,13)(H,12,14). The fourth-order valence-electron chi connectivity index (χ4n) is 1.16. The second kappa shape index (κ2) is 5.20. The number of rotatable bonds is 4. The van der Waals surface area contributed by atoms with E-state index in [2.05, 4.69) is 10.5 Å². The van der Waals surface area contributed by atoms with Crippen LogP contribution in [-0.4, -0.2) is 23.5 Å². The zero-order chi connectivity index (χ0) is 12.1. The summed E-state index contributed by atoms with van der Waals surface area (Å²) in [5.41, 5.74) is 5.87. The van der Waals surface area contributed by atoms with Gasteiger partial charge >= 0.3 is 0 Å². The van der Waals surface area contributed by atoms with Gasteiger partial charge in [-0.3, -0.25) is 4.79 Å². The van der Waals surface area contributed by atoms with Crippen LogP contribution in [0.15, 0.2) is 21.9 Å². The Morgan fingerprint density at radius 1 is 1.75 bits per heavy atom. The number of hydrogen-bond donors (Lipinski definition) is 3. The van der Waals surface area contributed by atoms with E-state index in [4.69, 9.17) is 15.4 Å². The summed E-state index contributed by atoms with van der Waals surface area (Å²) in [7, 11) is 0. The fraction of sp³-hybridized carbons (Fsp3) is 0.400. The van der Waals surface area contributed by atoms with Gasteiger partial charge in [-0.2, -0.15) is 0 Å². The minimum atomic E-state index is -0.233. The number of nitrogens with zero attached hydrogens (tertiary/aromatic N) is 1. The fourth-order valence-corrected chi connectivity index (χ4v) is 1.16. The third kappa shape index (κ3) is 2.75. The van der Waals surface area contributed by atoms with Crippen LogP contribution < -0.4 is 11.1 Å². The van der Waals surface area contributed by atoms with Gasteiger partial charge in [-0.1, -0.05) is 12.1 Å². The first kappa shape index (κ1) is 12.1. The third-order valence-electron chi connectivity index (χ3n) is 2.29. The Morgan fingerprint density at radius 2 is 2.44 bits per heavy atom. The molecule has 0 fully saturated rings. The molecule has 1 amide bonds. The number of amides is 1. The van der Waals surface area contributed by atoms with Crippen molar-refractivity contribution >= 4 is 11.7 Å². The maximum absolute atomic E-state index is 11.6. The molecule has 16 heavy (non-hydrogen) atoms. The van der Waals surface area contributed by atoms with Crippen LogP contribution in [0.3, 0.4) is 0 Å². The monoisotopic (exact) mass is 225 g/mol. The van der Waals surface area contributed by atoms with Crippen molar-refractivity contribution in [1.29, 1.82) is 0 Å². The lowest BCUT2D eigenvalue weighted by atomic mass is 10.1. The van der Waals surface area contributed by atoms with Crippen molar-refractivity contribution < 1.29 is 14.4 Å². The van der Waals surface area contributed by atoms with Crippen molar-refractivity contribution in [2.24, 2.45) is 16.8 Å². The van der Waals surface area contributed by atoms with Gasteiger partial charge in [0.2, 0.25) is 0 Å². The highest BCUT2D eigenvalue weighted by molar-refractivity contribution is 5.95. The number of nitrogens with one attached hydrogen (secondary N) is 1. The SMILES string of the molecule is Cc1occc1C(=O)NCC(C)C(N)=NO. The van der Waals surface area contributed by atoms with Crippen molar-refractivity contribution in [2.75, 3.05) is 6.54 Å². The van der Waals surface area contributed by atoms with E-state index in [1.165, 1.54) is 6.26 Å². The maximum Gasteiger partial charge on any atom is 0.254 e. The first-order chi connectivity index (χ1) is 7.56. The second-order valence-electron chi connectivity index (χ2n) is 3.53. The quantitative estimate of drug-likeness (QED) is 0.304. The molecule has 0 aliphatic rings. The molecular formula is C10H15N3O3. The molecule has 0 saturated carbocycles. The van der Waals surface area contributed by atoms with Gasteiger partial charge in [0, 0.05) is 12.5 Å². The Balaban J connectivity index is 2.51. The van der Waals surface area contributed by atoms with Gasteiger partial charge in [-0.15, -0.1) is 0 Å². The van der Waals surface area contributed by atoms with Gasteiger partial charge in [0.15, 0.2) is 0 Å². The number of nitrogens with two attached hydrogens (primary N) is 1. The van der Waals surface area contributed by atoms with E-state index in [9.17, 15) is 4.79 Å². The number of hydrogen-bond acceptors (Lipinski definition) is 4. The highest BCUT2D eigenvalue weighted by Gasteiger charge is 2.13. The molecule has 0 aliphatic carbocycles. The highest BCUT2D eigenvalue weighted by atomic mass is 16.4. The number of carbonyl (C=O) groups excluding carboxylic acids is 1. The van der Waals surface area contributed by atoms with Crippen LogP contribution in [-0.2, 0) is 0 Å². The lowest BCUT2D eigenvalue weighted by Crippen LogP contribution is -2.34. The normalized spacial score (nSPS) is 13.5. The number of amidine groups is 1. The summed E-state index contributed by atoms with van der Waals surface area (Å²) in [5.74, 6) is 0.197. The second-order valence-corrected chi connectivity index (χ2v) is 3.53. The number of furan rings is 1. The van der Waals surface area contributed by atoms with Crippen molar-refractivity contribution in [2.45, 2.75) is 13.8 Å². The van der Waals surface area contributed by atoms with Crippen LogP contribution in [0.4, 0.5) is 0 Å². The van der Waals surface area contributed by atoms with Crippen molar-refractivity contribution in [3.05, 3.63) is 23.7 Å². The first-order valence-electron chi connectivity index (χ1n) is 4.86. The summed E-state index contributed by atoms with van der Waals surface area (Å²) >= 11 is 0. The molecular weight excluding hydrogens is 210 g/mol. The van der Waals surface area contributed by atoms with E-state index in [1.807, 2.05) is 0 Å². The van der Waals surface area contributed by atoms with Crippen LogP contribution in [0.1, 0.15) is 23.0 Å². The van der Waals surface area contributed by atoms with Crippen LogP contribution in [0, 0.1) is 12.8 Å². The molecule has 1 rings (SSSR count). The van der Waals surface area contributed by atoms with Gasteiger partial charge in [0.1, 0.15) is 11.6 Å². The largest absolute Gasteiger partial charge is 0.469 e. The predicted octanol–water partition coefficient (Wildman–Crippen LogP) is 0.700. The van der Waals surface area contributed by atoms with E-state index in [1.54, 1.807) is 19.9 Å². The summed E-state index contributed by atoms with van der Waals surface area (Å²) in [4.78, 5) is 11.6. The molecule has 88 valence electrons. The molecule has 1 aromatic heterocycles. The summed E-state index contributed by atoms with van der Waals surface area (Å²) < 4.78 is 5.01. The Hall–Kier alpha value is -1.98. The molecule has 0 spiro atoms. The number of aryl methyl sites for hydroxylation is 1. The molecule has 6 nitrogen and oxygen atoms in total. The smallest absolute Gasteiger partial charge is 0.254 e. The summed E-state index contributed by atoms with van der Waals surface area (Å²) in [6.45, 7) is 3.76. The average Bonchev–Trinajstić information content (AvgIpc) is 2.70. The van der Waals surface area contributed by atoms with E-state index in [0.717, 1.165) is 0 Å².